The molecule has 2 unspecified atom stereocenters. The van der Waals surface area contributed by atoms with Gasteiger partial charge in [0.1, 0.15) is 5.01 Å². The molecule has 1 aliphatic rings. The Morgan fingerprint density at radius 2 is 2.20 bits per heavy atom. The molecule has 0 amide bonds. The molecule has 0 spiro atoms. The van der Waals surface area contributed by atoms with Gasteiger partial charge in [-0.25, -0.2) is 4.98 Å². The number of hydrogen-bond donors (Lipinski definition) is 1. The third-order valence-corrected chi connectivity index (χ3v) is 4.88. The molecule has 1 saturated carbocycles. The Bertz CT molecular complexity index is 565. The first-order valence-corrected chi connectivity index (χ1v) is 8.05. The normalized spacial score (nSPS) is 23.1. The maximum atomic E-state index is 5.49. The summed E-state index contributed by atoms with van der Waals surface area (Å²) in [7, 11) is 2.01. The summed E-state index contributed by atoms with van der Waals surface area (Å²) in [5.41, 5.74) is 1.05. The summed E-state index contributed by atoms with van der Waals surface area (Å²) in [5.74, 6) is 1.88. The van der Waals surface area contributed by atoms with Gasteiger partial charge >= 0.3 is 0 Å². The highest BCUT2D eigenvalue weighted by Gasteiger charge is 2.29. The Hall–Kier alpha value is -1.27. The molecule has 2 atom stereocenters. The zero-order valence-electron chi connectivity index (χ0n) is 11.9. The van der Waals surface area contributed by atoms with Gasteiger partial charge in [-0.1, -0.05) is 18.0 Å². The number of rotatable bonds is 4. The second kappa shape index (κ2) is 6.01. The summed E-state index contributed by atoms with van der Waals surface area (Å²) in [6.45, 7) is 2.00. The second-order valence-corrected chi connectivity index (χ2v) is 6.34. The molecule has 20 heavy (non-hydrogen) atoms. The number of thiazole rings is 1. The molecule has 0 saturated heterocycles. The molecule has 1 N–H and O–H groups in total. The van der Waals surface area contributed by atoms with E-state index in [9.17, 15) is 0 Å². The molecular weight excluding hydrogens is 272 g/mol. The van der Waals surface area contributed by atoms with Crippen LogP contribution >= 0.6 is 11.3 Å². The van der Waals surface area contributed by atoms with Crippen LogP contribution in [-0.4, -0.2) is 28.2 Å². The Morgan fingerprint density at radius 1 is 1.35 bits per heavy atom. The first-order chi connectivity index (χ1) is 9.76. The van der Waals surface area contributed by atoms with Crippen molar-refractivity contribution in [2.24, 2.45) is 0 Å². The average molecular weight is 292 g/mol. The highest BCUT2D eigenvalue weighted by Crippen LogP contribution is 2.32. The third-order valence-electron chi connectivity index (χ3n) is 3.91. The van der Waals surface area contributed by atoms with Gasteiger partial charge in [-0.2, -0.15) is 4.98 Å². The fraction of sp³-hybridized carbons (Fsp3) is 0.643. The van der Waals surface area contributed by atoms with Gasteiger partial charge in [-0.05, 0) is 26.8 Å². The van der Waals surface area contributed by atoms with Gasteiger partial charge in [-0.3, -0.25) is 0 Å². The van der Waals surface area contributed by atoms with Gasteiger partial charge in [0.15, 0.2) is 5.82 Å². The van der Waals surface area contributed by atoms with E-state index in [1.807, 2.05) is 14.0 Å². The molecule has 3 rings (SSSR count). The number of aromatic nitrogens is 3. The first-order valence-electron chi connectivity index (χ1n) is 7.17. The molecule has 2 aromatic heterocycles. The predicted molar refractivity (Wildman–Crippen MR) is 78.0 cm³/mol. The Morgan fingerprint density at radius 3 is 2.95 bits per heavy atom. The van der Waals surface area contributed by atoms with Crippen molar-refractivity contribution in [3.8, 4) is 0 Å². The van der Waals surface area contributed by atoms with Crippen LogP contribution in [0, 0.1) is 6.92 Å². The standard InChI is InChI=1S/C14H20N4OS/c1-9-8-20-13(16-9)7-12-17-14(19-18-12)10-5-3-4-6-11(10)15-2/h8,10-11,15H,3-7H2,1-2H3. The SMILES string of the molecule is CNC1CCCCC1c1nc(Cc2nc(C)cs2)no1. The summed E-state index contributed by atoms with van der Waals surface area (Å²) >= 11 is 1.65. The quantitative estimate of drug-likeness (QED) is 0.938. The smallest absolute Gasteiger partial charge is 0.231 e. The maximum absolute atomic E-state index is 5.49. The predicted octanol–water partition coefficient (Wildman–Crippen LogP) is 2.67. The number of nitrogens with zero attached hydrogens (tertiary/aromatic N) is 3. The van der Waals surface area contributed by atoms with E-state index in [0.717, 1.165) is 28.8 Å². The molecule has 108 valence electrons. The minimum absolute atomic E-state index is 0.355. The van der Waals surface area contributed by atoms with Crippen molar-refractivity contribution in [2.45, 2.75) is 51.0 Å². The highest BCUT2D eigenvalue weighted by atomic mass is 32.1. The highest BCUT2D eigenvalue weighted by molar-refractivity contribution is 7.09. The largest absolute Gasteiger partial charge is 0.339 e. The topological polar surface area (TPSA) is 63.8 Å². The lowest BCUT2D eigenvalue weighted by atomic mass is 9.84. The van der Waals surface area contributed by atoms with E-state index in [0.29, 0.717) is 18.4 Å². The summed E-state index contributed by atoms with van der Waals surface area (Å²) in [6, 6.07) is 0.458. The van der Waals surface area contributed by atoms with Crippen LogP contribution in [0.2, 0.25) is 0 Å². The van der Waals surface area contributed by atoms with Crippen LogP contribution in [0.25, 0.3) is 0 Å². The number of nitrogens with one attached hydrogen (secondary N) is 1. The monoisotopic (exact) mass is 292 g/mol. The van der Waals surface area contributed by atoms with E-state index < -0.39 is 0 Å². The molecule has 0 aliphatic heterocycles. The first kappa shape index (κ1) is 13.7. The van der Waals surface area contributed by atoms with Crippen LogP contribution in [0.1, 0.15) is 54.0 Å². The summed E-state index contributed by atoms with van der Waals surface area (Å²) in [4.78, 5) is 9.03. The van der Waals surface area contributed by atoms with E-state index in [-0.39, 0.29) is 0 Å². The molecule has 0 aromatic carbocycles. The minimum atomic E-state index is 0.355. The Balaban J connectivity index is 1.72. The van der Waals surface area contributed by atoms with Crippen molar-refractivity contribution in [1.29, 1.82) is 0 Å². The third kappa shape index (κ3) is 2.91. The Labute approximate surface area is 122 Å². The second-order valence-electron chi connectivity index (χ2n) is 5.39. The molecule has 2 aromatic rings. The van der Waals surface area contributed by atoms with E-state index in [1.165, 1.54) is 19.3 Å². The van der Waals surface area contributed by atoms with Crippen molar-refractivity contribution in [1.82, 2.24) is 20.4 Å². The molecule has 0 radical (unpaired) electrons. The molecule has 6 heteroatoms. The fourth-order valence-corrected chi connectivity index (χ4v) is 3.65. The van der Waals surface area contributed by atoms with Gasteiger partial charge in [0, 0.05) is 17.1 Å². The summed E-state index contributed by atoms with van der Waals surface area (Å²) < 4.78 is 5.49. The van der Waals surface area contributed by atoms with E-state index >= 15 is 0 Å². The van der Waals surface area contributed by atoms with Crippen molar-refractivity contribution >= 4 is 11.3 Å². The molecule has 1 aliphatic carbocycles. The van der Waals surface area contributed by atoms with Crippen molar-refractivity contribution in [3.63, 3.8) is 0 Å². The van der Waals surface area contributed by atoms with Gasteiger partial charge < -0.3 is 9.84 Å². The van der Waals surface area contributed by atoms with Crippen LogP contribution < -0.4 is 5.32 Å². The van der Waals surface area contributed by atoms with E-state index in [1.54, 1.807) is 11.3 Å². The maximum Gasteiger partial charge on any atom is 0.231 e. The number of likely N-dealkylation sites (N-methyl/N-ethyl adjacent to an activating group) is 1. The lowest BCUT2D eigenvalue weighted by molar-refractivity contribution is 0.269. The van der Waals surface area contributed by atoms with Crippen molar-refractivity contribution in [2.75, 3.05) is 7.05 Å². The van der Waals surface area contributed by atoms with Crippen molar-refractivity contribution < 1.29 is 4.52 Å². The summed E-state index contributed by atoms with van der Waals surface area (Å²) in [6.07, 6.45) is 5.50. The molecule has 2 heterocycles. The van der Waals surface area contributed by atoms with Crippen molar-refractivity contribution in [3.05, 3.63) is 27.8 Å². The van der Waals surface area contributed by atoms with Crippen LogP contribution in [0.15, 0.2) is 9.90 Å². The van der Waals surface area contributed by atoms with E-state index in [2.05, 4.69) is 25.8 Å². The molecule has 5 nitrogen and oxygen atoms in total. The molecular formula is C14H20N4OS. The lowest BCUT2D eigenvalue weighted by Crippen LogP contribution is -2.34. The molecule has 0 bridgehead atoms. The number of aryl methyl sites for hydroxylation is 1. The number of hydrogen-bond acceptors (Lipinski definition) is 6. The van der Waals surface area contributed by atoms with Crippen LogP contribution in [0.3, 0.4) is 0 Å². The Kier molecular flexibility index (Phi) is 4.12. The zero-order chi connectivity index (χ0) is 13.9. The fourth-order valence-electron chi connectivity index (χ4n) is 2.88. The molecule has 1 fully saturated rings. The zero-order valence-corrected chi connectivity index (χ0v) is 12.7. The van der Waals surface area contributed by atoms with Gasteiger partial charge in [0.25, 0.3) is 0 Å². The minimum Gasteiger partial charge on any atom is -0.339 e. The van der Waals surface area contributed by atoms with Gasteiger partial charge in [0.2, 0.25) is 5.89 Å². The van der Waals surface area contributed by atoms with Crippen LogP contribution in [-0.2, 0) is 6.42 Å². The van der Waals surface area contributed by atoms with Crippen LogP contribution in [0.5, 0.6) is 0 Å². The van der Waals surface area contributed by atoms with E-state index in [4.69, 9.17) is 4.52 Å². The summed E-state index contributed by atoms with van der Waals surface area (Å²) in [5, 5.41) is 10.6. The van der Waals surface area contributed by atoms with Gasteiger partial charge in [-0.15, -0.1) is 11.3 Å². The van der Waals surface area contributed by atoms with Gasteiger partial charge in [0.05, 0.1) is 12.3 Å². The van der Waals surface area contributed by atoms with Crippen LogP contribution in [0.4, 0.5) is 0 Å². The lowest BCUT2D eigenvalue weighted by Gasteiger charge is -2.28. The average Bonchev–Trinajstić information content (AvgIpc) is 3.08.